The Kier molecular flexibility index (Phi) is 10.2. The number of carbonyl (C=O) groups excluding carboxylic acids is 2. The smallest absolute Gasteiger partial charge is 0.322 e. The Hall–Kier alpha value is -1.10. The number of carbonyl (C=O) groups is 2. The van der Waals surface area contributed by atoms with Gasteiger partial charge in [-0.3, -0.25) is 14.9 Å². The lowest BCUT2D eigenvalue weighted by Gasteiger charge is -2.18. The minimum Gasteiger partial charge on any atom is -0.465 e. The summed E-state index contributed by atoms with van der Waals surface area (Å²) in [6, 6.07) is -1.02. The Morgan fingerprint density at radius 3 is 1.58 bits per heavy atom. The van der Waals surface area contributed by atoms with E-state index in [0.717, 1.165) is 25.7 Å². The van der Waals surface area contributed by atoms with E-state index in [2.05, 4.69) is 5.32 Å². The Bertz CT molecular complexity index is 242. The van der Waals surface area contributed by atoms with Gasteiger partial charge in [0.2, 0.25) is 0 Å². The van der Waals surface area contributed by atoms with Gasteiger partial charge in [-0.05, 0) is 26.7 Å². The van der Waals surface area contributed by atoms with Crippen LogP contribution in [0.4, 0.5) is 0 Å². The van der Waals surface area contributed by atoms with Crippen LogP contribution in [0, 0.1) is 0 Å². The first-order chi connectivity index (χ1) is 9.02. The average molecular weight is 273 g/mol. The zero-order valence-corrected chi connectivity index (χ0v) is 12.5. The van der Waals surface area contributed by atoms with Crippen LogP contribution in [0.25, 0.3) is 0 Å². The van der Waals surface area contributed by atoms with E-state index in [0.29, 0.717) is 13.2 Å². The van der Waals surface area contributed by atoms with Gasteiger partial charge >= 0.3 is 11.9 Å². The lowest BCUT2D eigenvalue weighted by Crippen LogP contribution is -2.45. The summed E-state index contributed by atoms with van der Waals surface area (Å²) in [6.07, 6.45) is 3.67. The van der Waals surface area contributed by atoms with E-state index < -0.39 is 12.1 Å². The van der Waals surface area contributed by atoms with Gasteiger partial charge in [-0.1, -0.05) is 26.7 Å². The van der Waals surface area contributed by atoms with Crippen molar-refractivity contribution in [1.82, 2.24) is 5.32 Å². The molecule has 0 aromatic carbocycles. The van der Waals surface area contributed by atoms with E-state index in [1.165, 1.54) is 0 Å². The van der Waals surface area contributed by atoms with E-state index in [-0.39, 0.29) is 11.9 Å². The first-order valence-electron chi connectivity index (χ1n) is 7.12. The molecule has 0 radical (unpaired) electrons. The van der Waals surface area contributed by atoms with Crippen LogP contribution in [-0.2, 0) is 19.1 Å². The van der Waals surface area contributed by atoms with Crippen molar-refractivity contribution in [2.75, 3.05) is 13.2 Å². The van der Waals surface area contributed by atoms with Gasteiger partial charge in [0, 0.05) is 0 Å². The van der Waals surface area contributed by atoms with Crippen LogP contribution in [0.2, 0.25) is 0 Å². The lowest BCUT2D eigenvalue weighted by molar-refractivity contribution is -0.148. The maximum atomic E-state index is 11.6. The van der Waals surface area contributed by atoms with Crippen molar-refractivity contribution in [2.24, 2.45) is 0 Å². The minimum absolute atomic E-state index is 0.332. The number of rotatable bonds is 10. The molecule has 2 atom stereocenters. The number of unbranched alkanes of at least 4 members (excludes halogenated alkanes) is 2. The second-order valence-corrected chi connectivity index (χ2v) is 4.65. The van der Waals surface area contributed by atoms with Gasteiger partial charge in [-0.2, -0.15) is 0 Å². The number of hydrogen-bond acceptors (Lipinski definition) is 5. The van der Waals surface area contributed by atoms with Crippen molar-refractivity contribution in [3.8, 4) is 0 Å². The van der Waals surface area contributed by atoms with Crippen LogP contribution in [-0.4, -0.2) is 37.2 Å². The van der Waals surface area contributed by atoms with Gasteiger partial charge < -0.3 is 9.47 Å². The van der Waals surface area contributed by atoms with Crippen molar-refractivity contribution >= 4 is 11.9 Å². The van der Waals surface area contributed by atoms with E-state index in [9.17, 15) is 9.59 Å². The topological polar surface area (TPSA) is 64.6 Å². The van der Waals surface area contributed by atoms with Crippen molar-refractivity contribution in [3.05, 3.63) is 0 Å². The second-order valence-electron chi connectivity index (χ2n) is 4.65. The molecule has 0 saturated carbocycles. The summed E-state index contributed by atoms with van der Waals surface area (Å²) in [5, 5.41) is 2.88. The molecule has 0 aliphatic rings. The molecule has 0 heterocycles. The highest BCUT2D eigenvalue weighted by Gasteiger charge is 2.21. The highest BCUT2D eigenvalue weighted by atomic mass is 16.5. The zero-order valence-electron chi connectivity index (χ0n) is 12.5. The molecule has 0 fully saturated rings. The van der Waals surface area contributed by atoms with Gasteiger partial charge in [-0.25, -0.2) is 0 Å². The molecule has 5 heteroatoms. The summed E-state index contributed by atoms with van der Waals surface area (Å²) < 4.78 is 10.1. The number of hydrogen-bond donors (Lipinski definition) is 1. The molecule has 0 aromatic rings. The molecule has 0 rings (SSSR count). The van der Waals surface area contributed by atoms with Gasteiger partial charge in [-0.15, -0.1) is 0 Å². The first-order valence-corrected chi connectivity index (χ1v) is 7.12. The van der Waals surface area contributed by atoms with E-state index >= 15 is 0 Å². The fraction of sp³-hybridized carbons (Fsp3) is 0.857. The molecule has 0 aromatic heterocycles. The summed E-state index contributed by atoms with van der Waals surface area (Å²) >= 11 is 0. The molecule has 0 bridgehead atoms. The summed E-state index contributed by atoms with van der Waals surface area (Å²) in [5.41, 5.74) is 0. The number of nitrogens with one attached hydrogen (secondary N) is 1. The van der Waals surface area contributed by atoms with Crippen molar-refractivity contribution in [3.63, 3.8) is 0 Å². The molecule has 112 valence electrons. The fourth-order valence-electron chi connectivity index (χ4n) is 1.40. The van der Waals surface area contributed by atoms with Crippen LogP contribution in [0.3, 0.4) is 0 Å². The standard InChI is InChI=1S/C14H27NO4/c1-5-7-9-18-13(16)11(3)15-12(4)14(17)19-10-8-6-2/h11-12,15H,5-10H2,1-4H3/t11-,12+. The van der Waals surface area contributed by atoms with Crippen molar-refractivity contribution < 1.29 is 19.1 Å². The van der Waals surface area contributed by atoms with Crippen LogP contribution < -0.4 is 5.32 Å². The van der Waals surface area contributed by atoms with Crippen LogP contribution in [0.5, 0.6) is 0 Å². The monoisotopic (exact) mass is 273 g/mol. The largest absolute Gasteiger partial charge is 0.465 e. The maximum absolute atomic E-state index is 11.6. The molecule has 0 spiro atoms. The third kappa shape index (κ3) is 8.59. The molecular formula is C14H27NO4. The Balaban J connectivity index is 3.92. The quantitative estimate of drug-likeness (QED) is 0.487. The second kappa shape index (κ2) is 10.8. The Labute approximate surface area is 116 Å². The van der Waals surface area contributed by atoms with Crippen LogP contribution >= 0.6 is 0 Å². The summed E-state index contributed by atoms with van der Waals surface area (Å²) in [4.78, 5) is 23.2. The van der Waals surface area contributed by atoms with Gasteiger partial charge in [0.15, 0.2) is 0 Å². The number of ether oxygens (including phenoxy) is 2. The van der Waals surface area contributed by atoms with Gasteiger partial charge in [0.25, 0.3) is 0 Å². The molecule has 19 heavy (non-hydrogen) atoms. The highest BCUT2D eigenvalue weighted by Crippen LogP contribution is 1.97. The van der Waals surface area contributed by atoms with Crippen molar-refractivity contribution in [1.29, 1.82) is 0 Å². The fourth-order valence-corrected chi connectivity index (χ4v) is 1.40. The predicted octanol–water partition coefficient (Wildman–Crippen LogP) is 2.04. The molecule has 5 nitrogen and oxygen atoms in total. The molecule has 1 N–H and O–H groups in total. The van der Waals surface area contributed by atoms with Crippen LogP contribution in [0.1, 0.15) is 53.4 Å². The lowest BCUT2D eigenvalue weighted by atomic mass is 10.2. The van der Waals surface area contributed by atoms with E-state index in [1.54, 1.807) is 13.8 Å². The Morgan fingerprint density at radius 1 is 0.895 bits per heavy atom. The molecule has 0 aliphatic heterocycles. The highest BCUT2D eigenvalue weighted by molar-refractivity contribution is 5.79. The molecule has 0 unspecified atom stereocenters. The number of esters is 2. The SMILES string of the molecule is CCCCOC(=O)[C@H](C)N[C@H](C)C(=O)OCCCC. The molecular weight excluding hydrogens is 246 g/mol. The first kappa shape index (κ1) is 17.9. The summed E-state index contributed by atoms with van der Waals surface area (Å²) in [7, 11) is 0. The predicted molar refractivity (Wildman–Crippen MR) is 73.8 cm³/mol. The molecule has 0 saturated heterocycles. The third-order valence-electron chi connectivity index (χ3n) is 2.69. The molecule has 0 amide bonds. The maximum Gasteiger partial charge on any atom is 0.322 e. The van der Waals surface area contributed by atoms with E-state index in [4.69, 9.17) is 9.47 Å². The van der Waals surface area contributed by atoms with Crippen molar-refractivity contribution in [2.45, 2.75) is 65.5 Å². The van der Waals surface area contributed by atoms with Gasteiger partial charge in [0.1, 0.15) is 12.1 Å². The zero-order chi connectivity index (χ0) is 14.7. The van der Waals surface area contributed by atoms with Crippen LogP contribution in [0.15, 0.2) is 0 Å². The Morgan fingerprint density at radius 2 is 1.26 bits per heavy atom. The minimum atomic E-state index is -0.509. The molecule has 0 aliphatic carbocycles. The summed E-state index contributed by atoms with van der Waals surface area (Å²) in [6.45, 7) is 8.29. The van der Waals surface area contributed by atoms with E-state index in [1.807, 2.05) is 13.8 Å². The average Bonchev–Trinajstić information content (AvgIpc) is 2.38. The third-order valence-corrected chi connectivity index (χ3v) is 2.69. The normalized spacial score (nSPS) is 13.7. The van der Waals surface area contributed by atoms with Gasteiger partial charge in [0.05, 0.1) is 13.2 Å². The summed E-state index contributed by atoms with van der Waals surface area (Å²) in [5.74, 6) is -0.664.